The number of unbranched alkanes of at least 4 members (excludes halogenated alkanes) is 6. The molecule has 6 aromatic carbocycles. The molecule has 0 fully saturated rings. The summed E-state index contributed by atoms with van der Waals surface area (Å²) < 4.78 is 114. The molecular formula is C45H36F8. The van der Waals surface area contributed by atoms with Gasteiger partial charge in [-0.25, -0.2) is 35.1 Å². The summed E-state index contributed by atoms with van der Waals surface area (Å²) in [5, 5.41) is 0. The predicted octanol–water partition coefficient (Wildman–Crippen LogP) is 14.0. The molecule has 272 valence electrons. The molecule has 0 aliphatic heterocycles. The van der Waals surface area contributed by atoms with Crippen LogP contribution >= 0.6 is 0 Å². The van der Waals surface area contributed by atoms with Crippen LogP contribution in [0.15, 0.2) is 109 Å². The summed E-state index contributed by atoms with van der Waals surface area (Å²) in [5.41, 5.74) is 3.49. The second-order valence-corrected chi connectivity index (χ2v) is 13.3. The van der Waals surface area contributed by atoms with Crippen LogP contribution in [0.25, 0.3) is 44.5 Å². The Morgan fingerprint density at radius 2 is 0.528 bits per heavy atom. The van der Waals surface area contributed by atoms with E-state index in [-0.39, 0.29) is 33.4 Å². The maximum absolute atomic E-state index is 15.0. The zero-order chi connectivity index (χ0) is 37.5. The van der Waals surface area contributed by atoms with Crippen LogP contribution in [-0.2, 0) is 12.8 Å². The number of hydrogen-bond donors (Lipinski definition) is 0. The highest BCUT2D eigenvalue weighted by Gasteiger charge is 2.15. The smallest absolute Gasteiger partial charge is 0.159 e. The van der Waals surface area contributed by atoms with Gasteiger partial charge in [-0.05, 0) is 108 Å². The van der Waals surface area contributed by atoms with Gasteiger partial charge in [0.05, 0.1) is 0 Å². The van der Waals surface area contributed by atoms with Crippen molar-refractivity contribution < 1.29 is 35.1 Å². The third kappa shape index (κ3) is 9.23. The Bertz CT molecular complexity index is 2070. The normalized spacial score (nSPS) is 11.3. The Kier molecular flexibility index (Phi) is 12.1. The van der Waals surface area contributed by atoms with Gasteiger partial charge in [0, 0.05) is 22.3 Å². The van der Waals surface area contributed by atoms with E-state index in [4.69, 9.17) is 0 Å². The minimum atomic E-state index is -1.07. The second kappa shape index (κ2) is 17.1. The monoisotopic (exact) mass is 728 g/mol. The number of benzene rings is 6. The van der Waals surface area contributed by atoms with Crippen molar-refractivity contribution in [2.24, 2.45) is 0 Å². The molecule has 8 heteroatoms. The summed E-state index contributed by atoms with van der Waals surface area (Å²) in [6, 6.07) is 24.5. The fraction of sp³-hybridized carbons (Fsp3) is 0.200. The van der Waals surface area contributed by atoms with E-state index >= 15 is 8.78 Å². The van der Waals surface area contributed by atoms with Gasteiger partial charge >= 0.3 is 0 Å². The quantitative estimate of drug-likeness (QED) is 0.0774. The molecule has 0 saturated heterocycles. The summed E-state index contributed by atoms with van der Waals surface area (Å²) in [5.74, 6) is -6.42. The van der Waals surface area contributed by atoms with Crippen molar-refractivity contribution in [2.45, 2.75) is 57.8 Å². The first-order valence-corrected chi connectivity index (χ1v) is 17.6. The van der Waals surface area contributed by atoms with Crippen LogP contribution in [0.1, 0.15) is 56.1 Å². The average Bonchev–Trinajstić information content (AvgIpc) is 3.13. The fourth-order valence-electron chi connectivity index (χ4n) is 6.60. The van der Waals surface area contributed by atoms with Crippen molar-refractivity contribution in [2.75, 3.05) is 0 Å². The van der Waals surface area contributed by atoms with E-state index in [1.54, 1.807) is 24.3 Å². The minimum absolute atomic E-state index is 0.0944. The van der Waals surface area contributed by atoms with Gasteiger partial charge in [-0.2, -0.15) is 0 Å². The Morgan fingerprint density at radius 3 is 0.849 bits per heavy atom. The number of aryl methyl sites for hydroxylation is 2. The first-order valence-electron chi connectivity index (χ1n) is 17.6. The fourth-order valence-corrected chi connectivity index (χ4v) is 6.60. The molecule has 0 amide bonds. The summed E-state index contributed by atoms with van der Waals surface area (Å²) >= 11 is 0. The summed E-state index contributed by atoms with van der Waals surface area (Å²) in [6.07, 6.45) is 8.36. The van der Waals surface area contributed by atoms with Crippen molar-refractivity contribution in [1.29, 1.82) is 0 Å². The van der Waals surface area contributed by atoms with E-state index in [1.807, 2.05) is 12.1 Å². The Morgan fingerprint density at radius 1 is 0.245 bits per heavy atom. The highest BCUT2D eigenvalue weighted by atomic mass is 19.2. The lowest BCUT2D eigenvalue weighted by atomic mass is 9.97. The molecule has 0 nitrogen and oxygen atoms in total. The van der Waals surface area contributed by atoms with E-state index in [2.05, 4.69) is 0 Å². The van der Waals surface area contributed by atoms with Crippen LogP contribution in [0.4, 0.5) is 35.1 Å². The molecule has 0 aromatic heterocycles. The van der Waals surface area contributed by atoms with Gasteiger partial charge in [-0.15, -0.1) is 0 Å². The average molecular weight is 729 g/mol. The molecule has 53 heavy (non-hydrogen) atoms. The van der Waals surface area contributed by atoms with E-state index in [1.165, 1.54) is 48.5 Å². The third-order valence-corrected chi connectivity index (χ3v) is 9.52. The van der Waals surface area contributed by atoms with Crippen LogP contribution in [-0.4, -0.2) is 0 Å². The van der Waals surface area contributed by atoms with Gasteiger partial charge in [0.25, 0.3) is 0 Å². The van der Waals surface area contributed by atoms with Crippen molar-refractivity contribution in [3.8, 4) is 44.5 Å². The lowest BCUT2D eigenvalue weighted by molar-refractivity contribution is 0.509. The largest absolute Gasteiger partial charge is 0.206 e. The molecule has 0 N–H and O–H groups in total. The van der Waals surface area contributed by atoms with Crippen LogP contribution in [0.3, 0.4) is 0 Å². The molecule has 0 saturated carbocycles. The second-order valence-electron chi connectivity index (χ2n) is 13.3. The Labute approximate surface area is 303 Å². The summed E-state index contributed by atoms with van der Waals surface area (Å²) in [7, 11) is 0. The molecular weight excluding hydrogens is 692 g/mol. The van der Waals surface area contributed by atoms with Crippen molar-refractivity contribution >= 4 is 0 Å². The lowest BCUT2D eigenvalue weighted by Crippen LogP contribution is -1.93. The van der Waals surface area contributed by atoms with Crippen molar-refractivity contribution in [3.63, 3.8) is 0 Å². The number of rotatable bonds is 14. The highest BCUT2D eigenvalue weighted by Crippen LogP contribution is 2.32. The first kappa shape index (κ1) is 37.5. The molecule has 0 atom stereocenters. The number of halogens is 8. The van der Waals surface area contributed by atoms with Gasteiger partial charge < -0.3 is 0 Å². The van der Waals surface area contributed by atoms with Crippen LogP contribution in [0.5, 0.6) is 0 Å². The predicted molar refractivity (Wildman–Crippen MR) is 194 cm³/mol. The zero-order valence-corrected chi connectivity index (χ0v) is 28.8. The molecule has 0 radical (unpaired) electrons. The van der Waals surface area contributed by atoms with Crippen molar-refractivity contribution in [3.05, 3.63) is 167 Å². The van der Waals surface area contributed by atoms with Gasteiger partial charge in [-0.3, -0.25) is 0 Å². The zero-order valence-electron chi connectivity index (χ0n) is 28.8. The first-order chi connectivity index (χ1) is 25.6. The van der Waals surface area contributed by atoms with Crippen molar-refractivity contribution in [1.82, 2.24) is 0 Å². The van der Waals surface area contributed by atoms with Gasteiger partial charge in [0.2, 0.25) is 0 Å². The molecule has 0 bridgehead atoms. The van der Waals surface area contributed by atoms with E-state index in [9.17, 15) is 26.3 Å². The topological polar surface area (TPSA) is 0 Å². The van der Waals surface area contributed by atoms with Crippen LogP contribution in [0, 0.1) is 46.5 Å². The molecule has 0 spiro atoms. The standard InChI is InChI=1S/C45H36F8/c46-38-20-14-32(26-44(38)52)36-18-12-30(24-42(36)50)34-16-10-28(22-40(34)48)8-6-4-2-1-3-5-7-9-29-11-17-35(41(49)23-29)31-13-19-37(43(51)25-31)33-15-21-39(47)45(53)27-33/h10-27H,1-9H2. The molecule has 0 aliphatic carbocycles. The Hall–Kier alpha value is -5.24. The van der Waals surface area contributed by atoms with E-state index < -0.39 is 46.5 Å². The molecule has 0 heterocycles. The minimum Gasteiger partial charge on any atom is -0.206 e. The molecule has 6 rings (SSSR count). The highest BCUT2D eigenvalue weighted by molar-refractivity contribution is 5.73. The molecule has 0 aliphatic rings. The summed E-state index contributed by atoms with van der Waals surface area (Å²) in [6.45, 7) is 0. The molecule has 0 unspecified atom stereocenters. The van der Waals surface area contributed by atoms with Crippen LogP contribution < -0.4 is 0 Å². The maximum Gasteiger partial charge on any atom is 0.159 e. The lowest BCUT2D eigenvalue weighted by Gasteiger charge is -2.10. The number of hydrogen-bond acceptors (Lipinski definition) is 0. The van der Waals surface area contributed by atoms with Gasteiger partial charge in [0.1, 0.15) is 23.3 Å². The third-order valence-electron chi connectivity index (χ3n) is 9.52. The SMILES string of the molecule is Fc1ccc(-c2ccc(-c3ccc(CCCCCCCCCc4ccc(-c5ccc(-c6ccc(F)c(F)c6)c(F)c5)c(F)c4)cc3F)cc2F)cc1F. The molecule has 6 aromatic rings. The van der Waals surface area contributed by atoms with Gasteiger partial charge in [-0.1, -0.05) is 92.8 Å². The van der Waals surface area contributed by atoms with Gasteiger partial charge in [0.15, 0.2) is 23.3 Å². The Balaban J connectivity index is 0.902. The maximum atomic E-state index is 15.0. The van der Waals surface area contributed by atoms with E-state index in [0.717, 1.165) is 80.3 Å². The van der Waals surface area contributed by atoms with E-state index in [0.29, 0.717) is 24.0 Å². The van der Waals surface area contributed by atoms with Crippen LogP contribution in [0.2, 0.25) is 0 Å². The summed E-state index contributed by atoms with van der Waals surface area (Å²) in [4.78, 5) is 0.